The minimum atomic E-state index is -1.04. The zero-order valence-electron chi connectivity index (χ0n) is 11.1. The molecule has 0 spiro atoms. The monoisotopic (exact) mass is 281 g/mol. The summed E-state index contributed by atoms with van der Waals surface area (Å²) in [6, 6.07) is 4.79. The lowest BCUT2D eigenvalue weighted by Crippen LogP contribution is -2.23. The number of anilines is 1. The number of rotatable bonds is 5. The quantitative estimate of drug-likeness (QED) is 0.471. The van der Waals surface area contributed by atoms with E-state index in [9.17, 15) is 13.6 Å². The number of ether oxygens (including phenoxy) is 1. The van der Waals surface area contributed by atoms with Crippen molar-refractivity contribution in [2.75, 3.05) is 18.2 Å². The van der Waals surface area contributed by atoms with Gasteiger partial charge in [0.05, 0.1) is 12.3 Å². The van der Waals surface area contributed by atoms with Crippen LogP contribution in [0.25, 0.3) is 0 Å². The number of halogens is 2. The van der Waals surface area contributed by atoms with E-state index in [1.807, 2.05) is 0 Å². The number of esters is 1. The first-order chi connectivity index (χ1) is 9.53. The lowest BCUT2D eigenvalue weighted by molar-refractivity contribution is -0.134. The third-order valence-corrected chi connectivity index (χ3v) is 2.30. The minimum absolute atomic E-state index is 0.108. The van der Waals surface area contributed by atoms with Crippen LogP contribution in [0.5, 0.6) is 0 Å². The van der Waals surface area contributed by atoms with E-state index in [2.05, 4.69) is 9.84 Å². The lowest BCUT2D eigenvalue weighted by Gasteiger charge is -2.17. The third kappa shape index (κ3) is 3.75. The van der Waals surface area contributed by atoms with Crippen molar-refractivity contribution in [3.63, 3.8) is 0 Å². The highest BCUT2D eigenvalue weighted by molar-refractivity contribution is 6.43. The number of hydrazone groups is 1. The molecule has 0 saturated carbocycles. The SMILES string of the molecule is CCOC(=O)C(C#N)=NN(CC)c1ccc(F)c(F)c1. The van der Waals surface area contributed by atoms with Gasteiger partial charge in [-0.3, -0.25) is 5.01 Å². The van der Waals surface area contributed by atoms with Gasteiger partial charge in [-0.25, -0.2) is 13.6 Å². The normalized spacial score (nSPS) is 10.8. The zero-order valence-corrected chi connectivity index (χ0v) is 11.1. The molecule has 20 heavy (non-hydrogen) atoms. The Morgan fingerprint density at radius 2 is 2.10 bits per heavy atom. The smallest absolute Gasteiger partial charge is 0.369 e. The highest BCUT2D eigenvalue weighted by Crippen LogP contribution is 2.18. The van der Waals surface area contributed by atoms with E-state index in [4.69, 9.17) is 5.26 Å². The van der Waals surface area contributed by atoms with E-state index < -0.39 is 23.3 Å². The molecule has 0 fully saturated rings. The summed E-state index contributed by atoms with van der Waals surface area (Å²) in [4.78, 5) is 11.4. The molecule has 0 aliphatic rings. The Bertz CT molecular complexity index is 567. The summed E-state index contributed by atoms with van der Waals surface area (Å²) in [6.45, 7) is 3.65. The summed E-state index contributed by atoms with van der Waals surface area (Å²) >= 11 is 0. The van der Waals surface area contributed by atoms with Crippen LogP contribution < -0.4 is 5.01 Å². The van der Waals surface area contributed by atoms with Crippen molar-refractivity contribution in [3.05, 3.63) is 29.8 Å². The van der Waals surface area contributed by atoms with Crippen LogP contribution in [-0.4, -0.2) is 24.8 Å². The second-order valence-corrected chi connectivity index (χ2v) is 3.60. The topological polar surface area (TPSA) is 65.7 Å². The van der Waals surface area contributed by atoms with E-state index in [1.54, 1.807) is 19.9 Å². The number of benzene rings is 1. The number of nitrogens with zero attached hydrogens (tertiary/aromatic N) is 3. The Hall–Kier alpha value is -2.49. The Labute approximate surface area is 115 Å². The Kier molecular flexibility index (Phi) is 5.59. The van der Waals surface area contributed by atoms with E-state index >= 15 is 0 Å². The van der Waals surface area contributed by atoms with Gasteiger partial charge in [-0.05, 0) is 26.0 Å². The highest BCUT2D eigenvalue weighted by atomic mass is 19.2. The van der Waals surface area contributed by atoms with Crippen molar-refractivity contribution in [2.24, 2.45) is 5.10 Å². The Balaban J connectivity index is 3.09. The molecule has 0 N–H and O–H groups in total. The van der Waals surface area contributed by atoms with Gasteiger partial charge in [0.2, 0.25) is 5.71 Å². The number of carbonyl (C=O) groups excluding carboxylic acids is 1. The molecule has 0 aliphatic heterocycles. The van der Waals surface area contributed by atoms with Crippen molar-refractivity contribution in [2.45, 2.75) is 13.8 Å². The van der Waals surface area contributed by atoms with Gasteiger partial charge >= 0.3 is 5.97 Å². The second kappa shape index (κ2) is 7.19. The first kappa shape index (κ1) is 15.6. The van der Waals surface area contributed by atoms with Crippen LogP contribution >= 0.6 is 0 Å². The molecule has 106 valence electrons. The van der Waals surface area contributed by atoms with Crippen molar-refractivity contribution < 1.29 is 18.3 Å². The first-order valence-electron chi connectivity index (χ1n) is 5.91. The maximum absolute atomic E-state index is 13.2. The van der Waals surface area contributed by atoms with Crippen LogP contribution in [0.2, 0.25) is 0 Å². The van der Waals surface area contributed by atoms with Crippen LogP contribution in [0.4, 0.5) is 14.5 Å². The van der Waals surface area contributed by atoms with Gasteiger partial charge in [-0.2, -0.15) is 10.4 Å². The molecule has 0 atom stereocenters. The highest BCUT2D eigenvalue weighted by Gasteiger charge is 2.15. The Morgan fingerprint density at radius 1 is 1.40 bits per heavy atom. The summed E-state index contributed by atoms with van der Waals surface area (Å²) < 4.78 is 30.7. The van der Waals surface area contributed by atoms with E-state index in [1.165, 1.54) is 11.1 Å². The molecule has 0 aromatic heterocycles. The van der Waals surface area contributed by atoms with Crippen LogP contribution in [0.1, 0.15) is 13.8 Å². The predicted molar refractivity (Wildman–Crippen MR) is 69.1 cm³/mol. The molecular weight excluding hydrogens is 268 g/mol. The minimum Gasteiger partial charge on any atom is -0.461 e. The van der Waals surface area contributed by atoms with E-state index in [0.29, 0.717) is 0 Å². The van der Waals surface area contributed by atoms with Gasteiger partial charge in [-0.1, -0.05) is 0 Å². The number of hydrogen-bond acceptors (Lipinski definition) is 5. The molecule has 0 amide bonds. The fourth-order valence-electron chi connectivity index (χ4n) is 1.39. The van der Waals surface area contributed by atoms with Gasteiger partial charge in [-0.15, -0.1) is 0 Å². The lowest BCUT2D eigenvalue weighted by atomic mass is 10.3. The molecule has 7 heteroatoms. The van der Waals surface area contributed by atoms with Gasteiger partial charge in [0.25, 0.3) is 0 Å². The maximum Gasteiger partial charge on any atom is 0.369 e. The largest absolute Gasteiger partial charge is 0.461 e. The van der Waals surface area contributed by atoms with Crippen LogP contribution in [0, 0.1) is 23.0 Å². The molecular formula is C13H13F2N3O2. The number of nitriles is 1. The summed E-state index contributed by atoms with van der Waals surface area (Å²) in [5, 5.41) is 13.9. The van der Waals surface area contributed by atoms with Crippen molar-refractivity contribution in [1.29, 1.82) is 5.26 Å². The summed E-state index contributed by atoms with van der Waals surface area (Å²) in [6.07, 6.45) is 0. The maximum atomic E-state index is 13.2. The number of carbonyl (C=O) groups is 1. The van der Waals surface area contributed by atoms with Crippen LogP contribution in [-0.2, 0) is 9.53 Å². The molecule has 0 aliphatic carbocycles. The van der Waals surface area contributed by atoms with Gasteiger partial charge in [0.1, 0.15) is 6.07 Å². The third-order valence-electron chi connectivity index (χ3n) is 2.30. The van der Waals surface area contributed by atoms with Crippen molar-refractivity contribution >= 4 is 17.4 Å². The predicted octanol–water partition coefficient (Wildman–Crippen LogP) is 2.23. The fourth-order valence-corrected chi connectivity index (χ4v) is 1.39. The average Bonchev–Trinajstić information content (AvgIpc) is 2.43. The van der Waals surface area contributed by atoms with Gasteiger partial charge in [0.15, 0.2) is 11.6 Å². The molecule has 1 aromatic rings. The summed E-state index contributed by atoms with van der Waals surface area (Å²) in [5.74, 6) is -2.89. The van der Waals surface area contributed by atoms with Gasteiger partial charge < -0.3 is 4.74 Å². The summed E-state index contributed by atoms with van der Waals surface area (Å²) in [7, 11) is 0. The molecule has 0 heterocycles. The summed E-state index contributed by atoms with van der Waals surface area (Å²) in [5.41, 5.74) is -0.234. The molecule has 1 aromatic carbocycles. The standard InChI is InChI=1S/C13H13F2N3O2/c1-3-18(9-5-6-10(14)11(15)7-9)17-12(8-16)13(19)20-4-2/h5-7H,3-4H2,1-2H3. The average molecular weight is 281 g/mol. The van der Waals surface area contributed by atoms with E-state index in [0.717, 1.165) is 12.1 Å². The second-order valence-electron chi connectivity index (χ2n) is 3.60. The van der Waals surface area contributed by atoms with Gasteiger partial charge in [0, 0.05) is 12.6 Å². The molecule has 0 radical (unpaired) electrons. The van der Waals surface area contributed by atoms with E-state index in [-0.39, 0.29) is 18.8 Å². The van der Waals surface area contributed by atoms with Crippen LogP contribution in [0.3, 0.4) is 0 Å². The van der Waals surface area contributed by atoms with Crippen LogP contribution in [0.15, 0.2) is 23.3 Å². The molecule has 0 saturated heterocycles. The molecule has 5 nitrogen and oxygen atoms in total. The zero-order chi connectivity index (χ0) is 15.1. The number of hydrogen-bond donors (Lipinski definition) is 0. The molecule has 1 rings (SSSR count). The Morgan fingerprint density at radius 3 is 2.60 bits per heavy atom. The fraction of sp³-hybridized carbons (Fsp3) is 0.308. The molecule has 0 unspecified atom stereocenters. The van der Waals surface area contributed by atoms with Crippen molar-refractivity contribution in [1.82, 2.24) is 0 Å². The first-order valence-corrected chi connectivity index (χ1v) is 5.91. The molecule has 0 bridgehead atoms. The van der Waals surface area contributed by atoms with Crippen molar-refractivity contribution in [3.8, 4) is 6.07 Å².